The number of phenolic OH excluding ortho intramolecular Hbond substituents is 1. The van der Waals surface area contributed by atoms with E-state index in [0.29, 0.717) is 29.5 Å². The highest BCUT2D eigenvalue weighted by molar-refractivity contribution is 5.98. The molecule has 7 atom stereocenters. The first-order valence-electron chi connectivity index (χ1n) is 24.3. The lowest BCUT2D eigenvalue weighted by Crippen LogP contribution is -2.60. The summed E-state index contributed by atoms with van der Waals surface area (Å²) in [5, 5.41) is 45.4. The molecule has 22 heteroatoms. The number of aliphatic imine (C=N–C) groups is 1. The lowest BCUT2D eigenvalue weighted by molar-refractivity contribution is -0.143. The topological polar surface area (TPSA) is 366 Å². The summed E-state index contributed by atoms with van der Waals surface area (Å²) in [6.45, 7) is 3.18. The van der Waals surface area contributed by atoms with Gasteiger partial charge in [-0.3, -0.25) is 33.8 Å². The smallest absolute Gasteiger partial charge is 0.326 e. The number of carbonyl (C=O) groups excluding carboxylic acids is 6. The molecule has 3 aromatic carbocycles. The summed E-state index contributed by atoms with van der Waals surface area (Å²) in [4.78, 5) is 108. The van der Waals surface area contributed by atoms with Crippen LogP contribution in [0, 0.1) is 5.92 Å². The van der Waals surface area contributed by atoms with Gasteiger partial charge in [0.05, 0.1) is 12.6 Å². The van der Waals surface area contributed by atoms with Crippen molar-refractivity contribution in [3.8, 4) is 5.75 Å². The monoisotopic (exact) mass is 1010 g/mol. The molecule has 16 N–H and O–H groups in total. The Kier molecular flexibility index (Phi) is 18.9. The first-order chi connectivity index (χ1) is 34.9. The molecule has 6 amide bonds. The number of aromatic amines is 2. The molecule has 6 rings (SSSR count). The van der Waals surface area contributed by atoms with E-state index in [-0.39, 0.29) is 69.2 Å². The second-order valence-electron chi connectivity index (χ2n) is 18.7. The Balaban J connectivity index is 1.18. The molecule has 1 aliphatic heterocycles. The highest BCUT2D eigenvalue weighted by Gasteiger charge is 2.40. The van der Waals surface area contributed by atoms with Crippen LogP contribution in [0.1, 0.15) is 62.6 Å². The first-order valence-corrected chi connectivity index (χ1v) is 24.3. The second-order valence-corrected chi connectivity index (χ2v) is 18.7. The number of nitrogens with two attached hydrogens (primary N) is 3. The third-order valence-corrected chi connectivity index (χ3v) is 12.7. The molecule has 0 radical (unpaired) electrons. The maximum atomic E-state index is 14.8. The molecule has 1 aliphatic rings. The van der Waals surface area contributed by atoms with Gasteiger partial charge in [-0.25, -0.2) is 4.79 Å². The van der Waals surface area contributed by atoms with Crippen molar-refractivity contribution in [3.05, 3.63) is 102 Å². The van der Waals surface area contributed by atoms with Crippen LogP contribution in [0.5, 0.6) is 5.75 Å². The number of fused-ring (bicyclic) bond motifs is 2. The van der Waals surface area contributed by atoms with Gasteiger partial charge in [-0.1, -0.05) is 62.4 Å². The maximum Gasteiger partial charge on any atom is 0.326 e. The Bertz CT molecular complexity index is 2770. The van der Waals surface area contributed by atoms with Crippen molar-refractivity contribution in [2.75, 3.05) is 19.7 Å². The zero-order chi connectivity index (χ0) is 52.8. The molecular weight excluding hydrogens is 941 g/mol. The maximum absolute atomic E-state index is 14.8. The van der Waals surface area contributed by atoms with Gasteiger partial charge in [0.2, 0.25) is 35.4 Å². The minimum Gasteiger partial charge on any atom is -0.508 e. The van der Waals surface area contributed by atoms with Crippen LogP contribution in [0.4, 0.5) is 0 Å². The number of aromatic hydroxyl groups is 1. The fourth-order valence-corrected chi connectivity index (χ4v) is 8.93. The van der Waals surface area contributed by atoms with Crippen LogP contribution in [0.25, 0.3) is 21.8 Å². The molecule has 390 valence electrons. The van der Waals surface area contributed by atoms with E-state index in [1.807, 2.05) is 56.3 Å². The van der Waals surface area contributed by atoms with Crippen LogP contribution in [0.15, 0.2) is 90.2 Å². The van der Waals surface area contributed by atoms with Gasteiger partial charge >= 0.3 is 5.97 Å². The zero-order valence-corrected chi connectivity index (χ0v) is 40.8. The van der Waals surface area contributed by atoms with Crippen LogP contribution in [-0.2, 0) is 52.8 Å². The van der Waals surface area contributed by atoms with E-state index in [1.54, 1.807) is 18.5 Å². The quantitative estimate of drug-likeness (QED) is 0.0213. The molecule has 0 saturated carbocycles. The van der Waals surface area contributed by atoms with Crippen molar-refractivity contribution in [2.45, 2.75) is 108 Å². The van der Waals surface area contributed by atoms with E-state index in [2.05, 4.69) is 41.5 Å². The fraction of sp³-hybridized carbons (Fsp3) is 0.412. The van der Waals surface area contributed by atoms with Crippen LogP contribution in [0.3, 0.4) is 0 Å². The predicted molar refractivity (Wildman–Crippen MR) is 272 cm³/mol. The average Bonchev–Trinajstić information content (AvgIpc) is 4.13. The Labute approximate surface area is 421 Å². The van der Waals surface area contributed by atoms with E-state index in [0.717, 1.165) is 21.8 Å². The number of aromatic nitrogens is 2. The fourth-order valence-electron chi connectivity index (χ4n) is 8.93. The number of para-hydroxylation sites is 2. The zero-order valence-electron chi connectivity index (χ0n) is 40.8. The summed E-state index contributed by atoms with van der Waals surface area (Å²) in [6, 6.07) is 11.5. The highest BCUT2D eigenvalue weighted by Crippen LogP contribution is 2.24. The van der Waals surface area contributed by atoms with Crippen LogP contribution in [-0.4, -0.2) is 140 Å². The van der Waals surface area contributed by atoms with Gasteiger partial charge in [-0.15, -0.1) is 0 Å². The Morgan fingerprint density at radius 3 is 1.85 bits per heavy atom. The van der Waals surface area contributed by atoms with Gasteiger partial charge in [-0.05, 0) is 79.0 Å². The lowest BCUT2D eigenvalue weighted by Gasteiger charge is -2.31. The number of hydrogen-bond donors (Lipinski definition) is 13. The number of benzene rings is 3. The number of H-pyrrole nitrogens is 2. The molecule has 5 aromatic rings. The largest absolute Gasteiger partial charge is 0.508 e. The first kappa shape index (κ1) is 54.4. The van der Waals surface area contributed by atoms with Crippen molar-refractivity contribution in [2.24, 2.45) is 28.1 Å². The standard InChI is InChI=1S/C51H66N12O10/c1-28(2)21-38(58-44(66)35(52)11-7-19-55-51(53)54)45(67)60-40(23-30-25-56-36-12-5-3-9-33(30)36)49(71)63-20-8-14-43(63)48(70)62-42(27-64)47(69)59-39(22-29-15-17-32(65)18-16-29)46(68)61-41(50(72)73)24-31-26-57-37-13-6-4-10-34(31)37/h3-6,9-10,12-13,15-18,25-26,28,35,38-43,56-57,64-65H,7-8,11,14,19-24,27,52H2,1-2H3,(H,58,66)(H,59,69)(H,60,67)(H,61,68)(H,62,70)(H,72,73)(H4,53,54,55)/t35-,38-,39-,40-,41-,42-,43-/m0/s1. The lowest BCUT2D eigenvalue weighted by atomic mass is 9.99. The minimum atomic E-state index is -1.64. The number of aliphatic hydroxyl groups is 1. The van der Waals surface area contributed by atoms with Gasteiger partial charge < -0.3 is 74.0 Å². The number of phenols is 1. The van der Waals surface area contributed by atoms with E-state index in [1.165, 1.54) is 29.2 Å². The summed E-state index contributed by atoms with van der Waals surface area (Å²) in [5.74, 6) is -6.04. The van der Waals surface area contributed by atoms with Crippen molar-refractivity contribution in [1.29, 1.82) is 0 Å². The molecule has 1 fully saturated rings. The number of amides is 6. The number of guanidine groups is 1. The number of nitrogens with zero attached hydrogens (tertiary/aromatic N) is 2. The van der Waals surface area contributed by atoms with Crippen molar-refractivity contribution >= 4 is 69.2 Å². The molecule has 22 nitrogen and oxygen atoms in total. The number of nitrogens with one attached hydrogen (secondary N) is 7. The van der Waals surface area contributed by atoms with Crippen LogP contribution < -0.4 is 43.8 Å². The second kappa shape index (κ2) is 25.4. The number of rotatable bonds is 25. The Hall–Kier alpha value is -7.98. The third kappa shape index (κ3) is 14.8. The number of likely N-dealkylation sites (tertiary alicyclic amines) is 1. The molecule has 1 saturated heterocycles. The number of carboxylic acids is 1. The molecule has 0 aliphatic carbocycles. The SMILES string of the molecule is CC(C)C[C@H](NC(=O)[C@@H](N)CCCN=C(N)N)C(=O)N[C@@H](Cc1c[nH]c2ccccc12)C(=O)N1CCC[C@H]1C(=O)N[C@@H](CO)C(=O)N[C@@H](Cc1ccc(O)cc1)C(=O)N[C@@H](Cc1c[nH]c2ccccc12)C(=O)O. The molecule has 2 aromatic heterocycles. The molecule has 73 heavy (non-hydrogen) atoms. The number of carboxylic acid groups (broad SMARTS) is 1. The molecule has 0 bridgehead atoms. The summed E-state index contributed by atoms with van der Waals surface area (Å²) in [7, 11) is 0. The average molecular weight is 1010 g/mol. The molecular formula is C51H66N12O10. The van der Waals surface area contributed by atoms with E-state index in [4.69, 9.17) is 17.2 Å². The predicted octanol–water partition coefficient (Wildman–Crippen LogP) is 0.302. The minimum absolute atomic E-state index is 0.0112. The summed E-state index contributed by atoms with van der Waals surface area (Å²) < 4.78 is 0. The normalized spacial score (nSPS) is 15.9. The van der Waals surface area contributed by atoms with Gasteiger partial charge in [0, 0.05) is 66.6 Å². The summed E-state index contributed by atoms with van der Waals surface area (Å²) in [5.41, 5.74) is 20.4. The van der Waals surface area contributed by atoms with E-state index < -0.39 is 90.3 Å². The van der Waals surface area contributed by atoms with Gasteiger partial charge in [0.25, 0.3) is 0 Å². The number of aliphatic hydroxyl groups excluding tert-OH is 1. The Morgan fingerprint density at radius 1 is 0.712 bits per heavy atom. The summed E-state index contributed by atoms with van der Waals surface area (Å²) in [6.07, 6.45) is 4.47. The molecule has 3 heterocycles. The van der Waals surface area contributed by atoms with E-state index in [9.17, 15) is 48.9 Å². The Morgan fingerprint density at radius 2 is 1.26 bits per heavy atom. The van der Waals surface area contributed by atoms with Crippen molar-refractivity contribution in [3.63, 3.8) is 0 Å². The van der Waals surface area contributed by atoms with Gasteiger partial charge in [0.1, 0.15) is 42.0 Å². The highest BCUT2D eigenvalue weighted by atomic mass is 16.4. The van der Waals surface area contributed by atoms with Gasteiger partial charge in [-0.2, -0.15) is 0 Å². The molecule has 0 unspecified atom stereocenters. The number of carbonyl (C=O) groups is 7. The van der Waals surface area contributed by atoms with Crippen LogP contribution in [0.2, 0.25) is 0 Å². The molecule has 0 spiro atoms. The van der Waals surface area contributed by atoms with Gasteiger partial charge in [0.15, 0.2) is 5.96 Å². The third-order valence-electron chi connectivity index (χ3n) is 12.7. The number of hydrogen-bond acceptors (Lipinski definition) is 11. The van der Waals surface area contributed by atoms with Crippen molar-refractivity contribution in [1.82, 2.24) is 41.5 Å². The number of aliphatic carboxylic acids is 1. The van der Waals surface area contributed by atoms with E-state index >= 15 is 0 Å². The van der Waals surface area contributed by atoms with Crippen LogP contribution >= 0.6 is 0 Å². The van der Waals surface area contributed by atoms with Crippen molar-refractivity contribution < 1.29 is 48.9 Å². The summed E-state index contributed by atoms with van der Waals surface area (Å²) >= 11 is 0.